The first-order valence-electron chi connectivity index (χ1n) is 4.37. The van der Waals surface area contributed by atoms with E-state index in [1.807, 2.05) is 16.8 Å². The normalized spacial score (nSPS) is 14.9. The lowest BCUT2D eigenvalue weighted by Gasteiger charge is -2.15. The molecular weight excluding hydrogens is 182 g/mol. The number of allylic oxidation sites excluding steroid dienone is 1. The molecule has 1 aromatic rings. The number of thiophene rings is 1. The number of rotatable bonds is 2. The van der Waals surface area contributed by atoms with Gasteiger partial charge in [-0.25, -0.2) is 0 Å². The largest absolute Gasteiger partial charge is 0.322 e. The van der Waals surface area contributed by atoms with Gasteiger partial charge in [-0.05, 0) is 30.7 Å². The quantitative estimate of drug-likeness (QED) is 0.719. The molecule has 13 heavy (non-hydrogen) atoms. The topological polar surface area (TPSA) is 29.1 Å². The van der Waals surface area contributed by atoms with E-state index in [2.05, 4.69) is 5.32 Å². The first kappa shape index (κ1) is 8.51. The SMILES string of the molecule is O=C(C=C1CCC1)Nc1ccsc1. The first-order chi connectivity index (χ1) is 6.34. The number of carbonyl (C=O) groups excluding carboxylic acids is 1. The maximum atomic E-state index is 11.3. The van der Waals surface area contributed by atoms with Crippen LogP contribution in [0.4, 0.5) is 5.69 Å². The van der Waals surface area contributed by atoms with Crippen LogP contribution in [0.5, 0.6) is 0 Å². The molecular formula is C10H11NOS. The number of hydrogen-bond acceptors (Lipinski definition) is 2. The summed E-state index contributed by atoms with van der Waals surface area (Å²) in [5, 5.41) is 6.69. The maximum Gasteiger partial charge on any atom is 0.248 e. The van der Waals surface area contributed by atoms with Crippen molar-refractivity contribution in [3.05, 3.63) is 28.5 Å². The van der Waals surface area contributed by atoms with E-state index in [-0.39, 0.29) is 5.91 Å². The summed E-state index contributed by atoms with van der Waals surface area (Å²) in [6.07, 6.45) is 5.15. The van der Waals surface area contributed by atoms with E-state index in [1.165, 1.54) is 12.0 Å². The minimum atomic E-state index is 0.00750. The number of anilines is 1. The van der Waals surface area contributed by atoms with E-state index >= 15 is 0 Å². The molecule has 68 valence electrons. The van der Waals surface area contributed by atoms with Crippen LogP contribution in [0.2, 0.25) is 0 Å². The van der Waals surface area contributed by atoms with Crippen LogP contribution in [-0.4, -0.2) is 5.91 Å². The average Bonchev–Trinajstić information content (AvgIpc) is 2.49. The Morgan fingerprint density at radius 3 is 2.92 bits per heavy atom. The highest BCUT2D eigenvalue weighted by Crippen LogP contribution is 2.25. The molecule has 1 aromatic heterocycles. The summed E-state index contributed by atoms with van der Waals surface area (Å²) in [4.78, 5) is 11.3. The van der Waals surface area contributed by atoms with E-state index in [9.17, 15) is 4.79 Å². The highest BCUT2D eigenvalue weighted by molar-refractivity contribution is 7.08. The Balaban J connectivity index is 1.92. The summed E-state index contributed by atoms with van der Waals surface area (Å²) in [6.45, 7) is 0. The molecule has 1 fully saturated rings. The summed E-state index contributed by atoms with van der Waals surface area (Å²) < 4.78 is 0. The fourth-order valence-corrected chi connectivity index (χ4v) is 1.81. The standard InChI is InChI=1S/C10H11NOS/c12-10(6-8-2-1-3-8)11-9-4-5-13-7-9/h4-7H,1-3H2,(H,11,12). The molecule has 1 N–H and O–H groups in total. The summed E-state index contributed by atoms with van der Waals surface area (Å²) in [6, 6.07) is 1.90. The molecule has 1 saturated carbocycles. The minimum absolute atomic E-state index is 0.00750. The Bertz CT molecular complexity index is 321. The second-order valence-corrected chi connectivity index (χ2v) is 3.94. The van der Waals surface area contributed by atoms with Gasteiger partial charge < -0.3 is 5.32 Å². The Morgan fingerprint density at radius 2 is 2.38 bits per heavy atom. The van der Waals surface area contributed by atoms with E-state index in [0.29, 0.717) is 0 Å². The van der Waals surface area contributed by atoms with Crippen molar-refractivity contribution in [2.45, 2.75) is 19.3 Å². The monoisotopic (exact) mass is 193 g/mol. The van der Waals surface area contributed by atoms with Crippen molar-refractivity contribution < 1.29 is 4.79 Å². The second-order valence-electron chi connectivity index (χ2n) is 3.16. The lowest BCUT2D eigenvalue weighted by atomic mass is 9.92. The molecule has 2 rings (SSSR count). The van der Waals surface area contributed by atoms with Crippen LogP contribution in [0.25, 0.3) is 0 Å². The molecule has 1 aliphatic carbocycles. The first-order valence-corrected chi connectivity index (χ1v) is 5.31. The van der Waals surface area contributed by atoms with Crippen LogP contribution in [-0.2, 0) is 4.79 Å². The van der Waals surface area contributed by atoms with E-state index in [4.69, 9.17) is 0 Å². The van der Waals surface area contributed by atoms with Crippen molar-refractivity contribution in [1.29, 1.82) is 0 Å². The number of carbonyl (C=O) groups is 1. The van der Waals surface area contributed by atoms with Crippen molar-refractivity contribution in [2.75, 3.05) is 5.32 Å². The Hall–Kier alpha value is -1.09. The smallest absolute Gasteiger partial charge is 0.248 e. The van der Waals surface area contributed by atoms with Crippen LogP contribution in [0.15, 0.2) is 28.5 Å². The number of nitrogens with one attached hydrogen (secondary N) is 1. The second kappa shape index (κ2) is 3.75. The van der Waals surface area contributed by atoms with Crippen LogP contribution in [0, 0.1) is 0 Å². The van der Waals surface area contributed by atoms with Crippen LogP contribution in [0.3, 0.4) is 0 Å². The van der Waals surface area contributed by atoms with Crippen LogP contribution < -0.4 is 5.32 Å². The van der Waals surface area contributed by atoms with Crippen molar-refractivity contribution in [2.24, 2.45) is 0 Å². The van der Waals surface area contributed by atoms with Gasteiger partial charge in [0.15, 0.2) is 0 Å². The van der Waals surface area contributed by atoms with Crippen LogP contribution in [0.1, 0.15) is 19.3 Å². The van der Waals surface area contributed by atoms with E-state index in [1.54, 1.807) is 17.4 Å². The molecule has 3 heteroatoms. The van der Waals surface area contributed by atoms with Gasteiger partial charge in [0.1, 0.15) is 0 Å². The fraction of sp³-hybridized carbons (Fsp3) is 0.300. The fourth-order valence-electron chi connectivity index (χ4n) is 1.22. The zero-order chi connectivity index (χ0) is 9.10. The molecule has 1 amide bonds. The highest BCUT2D eigenvalue weighted by atomic mass is 32.1. The van der Waals surface area contributed by atoms with Crippen molar-refractivity contribution >= 4 is 22.9 Å². The highest BCUT2D eigenvalue weighted by Gasteiger charge is 2.09. The Morgan fingerprint density at radius 1 is 1.54 bits per heavy atom. The molecule has 0 unspecified atom stereocenters. The third kappa shape index (κ3) is 2.18. The molecule has 2 nitrogen and oxygen atoms in total. The van der Waals surface area contributed by atoms with Crippen molar-refractivity contribution in [1.82, 2.24) is 0 Å². The Labute approximate surface area is 81.3 Å². The average molecular weight is 193 g/mol. The maximum absolute atomic E-state index is 11.3. The third-order valence-corrected chi connectivity index (χ3v) is 2.80. The van der Waals surface area contributed by atoms with Gasteiger partial charge >= 0.3 is 0 Å². The third-order valence-electron chi connectivity index (χ3n) is 2.12. The van der Waals surface area contributed by atoms with Gasteiger partial charge in [-0.2, -0.15) is 11.3 Å². The molecule has 0 aromatic carbocycles. The molecule has 0 saturated heterocycles. The molecule has 0 bridgehead atoms. The predicted molar refractivity (Wildman–Crippen MR) is 54.9 cm³/mol. The lowest BCUT2D eigenvalue weighted by molar-refractivity contribution is -0.112. The van der Waals surface area contributed by atoms with Crippen LogP contribution >= 0.6 is 11.3 Å². The molecule has 0 aliphatic heterocycles. The number of hydrogen-bond donors (Lipinski definition) is 1. The zero-order valence-electron chi connectivity index (χ0n) is 7.25. The molecule has 1 aliphatic rings. The van der Waals surface area contributed by atoms with E-state index < -0.39 is 0 Å². The van der Waals surface area contributed by atoms with Gasteiger partial charge in [0.25, 0.3) is 0 Å². The van der Waals surface area contributed by atoms with Crippen molar-refractivity contribution in [3.63, 3.8) is 0 Å². The summed E-state index contributed by atoms with van der Waals surface area (Å²) in [7, 11) is 0. The Kier molecular flexibility index (Phi) is 2.45. The zero-order valence-corrected chi connectivity index (χ0v) is 8.06. The predicted octanol–water partition coefficient (Wildman–Crippen LogP) is 2.80. The van der Waals surface area contributed by atoms with Gasteiger partial charge in [-0.15, -0.1) is 0 Å². The molecule has 0 radical (unpaired) electrons. The van der Waals surface area contributed by atoms with Gasteiger partial charge in [0.2, 0.25) is 5.91 Å². The molecule has 0 atom stereocenters. The molecule has 0 spiro atoms. The van der Waals surface area contributed by atoms with Crippen molar-refractivity contribution in [3.8, 4) is 0 Å². The summed E-state index contributed by atoms with van der Waals surface area (Å²) in [5.74, 6) is 0.00750. The minimum Gasteiger partial charge on any atom is -0.322 e. The van der Waals surface area contributed by atoms with E-state index in [0.717, 1.165) is 18.5 Å². The van der Waals surface area contributed by atoms with Gasteiger partial charge in [-0.1, -0.05) is 5.57 Å². The summed E-state index contributed by atoms with van der Waals surface area (Å²) >= 11 is 1.58. The molecule has 1 heterocycles. The van der Waals surface area contributed by atoms with Gasteiger partial charge in [0.05, 0.1) is 5.69 Å². The van der Waals surface area contributed by atoms with Gasteiger partial charge in [-0.3, -0.25) is 4.79 Å². The lowest BCUT2D eigenvalue weighted by Crippen LogP contribution is -2.10. The van der Waals surface area contributed by atoms with Gasteiger partial charge in [0, 0.05) is 11.5 Å². The number of amides is 1. The summed E-state index contributed by atoms with van der Waals surface area (Å²) in [5.41, 5.74) is 2.17.